The van der Waals surface area contributed by atoms with Crippen molar-refractivity contribution in [3.05, 3.63) is 238 Å². The third-order valence-electron chi connectivity index (χ3n) is 16.6. The van der Waals surface area contributed by atoms with Crippen molar-refractivity contribution in [2.75, 3.05) is 26.2 Å². The highest BCUT2D eigenvalue weighted by Crippen LogP contribution is 2.58. The molecule has 0 aliphatic carbocycles. The zero-order valence-corrected chi connectivity index (χ0v) is 49.8. The summed E-state index contributed by atoms with van der Waals surface area (Å²) in [5, 5.41) is 7.93. The van der Waals surface area contributed by atoms with Crippen LogP contribution in [0.4, 0.5) is 0 Å². The lowest BCUT2D eigenvalue weighted by molar-refractivity contribution is -0.125. The van der Waals surface area contributed by atoms with E-state index in [1.807, 2.05) is 137 Å². The van der Waals surface area contributed by atoms with E-state index in [0.29, 0.717) is 66.4 Å². The smallest absolute Gasteiger partial charge is 0.262 e. The van der Waals surface area contributed by atoms with Crippen molar-refractivity contribution in [3.63, 3.8) is 0 Å². The van der Waals surface area contributed by atoms with Crippen LogP contribution in [0.3, 0.4) is 0 Å². The van der Waals surface area contributed by atoms with Gasteiger partial charge in [-0.1, -0.05) is 131 Å². The highest BCUT2D eigenvalue weighted by atomic mass is 16.5. The molecule has 2 atom stereocenters. The topological polar surface area (TPSA) is 222 Å². The fraction of sp³-hybridized carbons (Fsp3) is 0.162. The SMILES string of the molecule is Cc1ccc(Oc2cc3c4c(cc(Oc5ccc(C)cc5)c5c6c(Oc7ccc(C)cc7)cc7c8c(cc(Oc9ccc(C)cc9)c(c2c45)c86)C(=O)N(C(Cc2ccccc2)C(=O)NCCN)C7=O)C(=O)N(C(Cc2ccccc2)C(=O)NCCN)C3=O)cc1. The molecule has 0 saturated carbocycles. The Morgan fingerprint density at radius 1 is 0.367 bits per heavy atom. The number of carbonyl (C=O) groups is 6. The molecule has 0 aromatic heterocycles. The van der Waals surface area contributed by atoms with E-state index >= 15 is 19.2 Å². The van der Waals surface area contributed by atoms with Crippen molar-refractivity contribution in [2.45, 2.75) is 52.6 Å². The quantitative estimate of drug-likeness (QED) is 0.0318. The lowest BCUT2D eigenvalue weighted by Crippen LogP contribution is -2.55. The summed E-state index contributed by atoms with van der Waals surface area (Å²) in [6.07, 6.45) is -0.0783. The van der Waals surface area contributed by atoms with E-state index in [-0.39, 0.29) is 95.0 Å². The van der Waals surface area contributed by atoms with E-state index in [9.17, 15) is 9.59 Å². The molecular weight excluding hydrogens is 1130 g/mol. The molecule has 2 aliphatic heterocycles. The average molecular weight is 1200 g/mol. The number of nitrogens with one attached hydrogen (secondary N) is 2. The lowest BCUT2D eigenvalue weighted by atomic mass is 9.80. The van der Waals surface area contributed by atoms with Gasteiger partial charge in [0.15, 0.2) is 0 Å². The first-order valence-corrected chi connectivity index (χ1v) is 29.8. The number of benzene rings is 11. The fourth-order valence-corrected chi connectivity index (χ4v) is 12.3. The first-order valence-electron chi connectivity index (χ1n) is 29.8. The van der Waals surface area contributed by atoms with E-state index in [1.54, 1.807) is 72.8 Å². The first kappa shape index (κ1) is 58.1. The van der Waals surface area contributed by atoms with Crippen LogP contribution in [0.1, 0.15) is 74.8 Å². The average Bonchev–Trinajstić information content (AvgIpc) is 0.691. The third kappa shape index (κ3) is 10.6. The standard InChI is InChI=1S/C74H62N6O10/c1-41-15-23-47(24-16-41)87-57-37-51-61-52(72(84)79(71(51)83)55(69(81)77-33-31-75)35-45-11-7-5-8-12-45)39-59(89-49-27-19-43(3)20-28-49)65-66-60(90-50-29-21-44(4)22-30-50)40-54-62-53(38-58(64(68(62)66)63(57)67(61)65)88-48-25-17-42(2)18-26-48)73(85)80(74(54)86)56(70(82)78-34-32-76)36-46-13-9-6-10-14-46/h5-30,37-40,55-56H,31-36,75-76H2,1-4H3,(H,77,81)(H,78,82). The lowest BCUT2D eigenvalue weighted by Gasteiger charge is -2.36. The van der Waals surface area contributed by atoms with Crippen LogP contribution >= 0.6 is 0 Å². The van der Waals surface area contributed by atoms with E-state index < -0.39 is 47.5 Å². The third-order valence-corrected chi connectivity index (χ3v) is 16.6. The van der Waals surface area contributed by atoms with Gasteiger partial charge in [-0.25, -0.2) is 0 Å². The van der Waals surface area contributed by atoms with Crippen LogP contribution in [0.5, 0.6) is 46.0 Å². The van der Waals surface area contributed by atoms with E-state index in [4.69, 9.17) is 30.4 Å². The molecule has 11 aromatic rings. The van der Waals surface area contributed by atoms with E-state index in [0.717, 1.165) is 32.1 Å². The van der Waals surface area contributed by atoms with Crippen molar-refractivity contribution >= 4 is 78.5 Å². The minimum Gasteiger partial charge on any atom is -0.457 e. The number of amides is 6. The second kappa shape index (κ2) is 24.0. The molecule has 0 bridgehead atoms. The molecule has 2 unspecified atom stereocenters. The minimum atomic E-state index is -1.37. The normalized spacial score (nSPS) is 13.5. The Bertz CT molecular complexity index is 4150. The molecule has 0 saturated heterocycles. The molecule has 16 heteroatoms. The number of hydrogen-bond acceptors (Lipinski definition) is 12. The Morgan fingerprint density at radius 2 is 0.622 bits per heavy atom. The Hall–Kier alpha value is -10.9. The molecule has 2 aliphatic rings. The van der Waals surface area contributed by atoms with Crippen LogP contribution in [0.25, 0.3) is 43.1 Å². The van der Waals surface area contributed by atoms with Crippen LogP contribution in [0.15, 0.2) is 182 Å². The van der Waals surface area contributed by atoms with Crippen molar-refractivity contribution < 1.29 is 47.7 Å². The Labute approximate surface area is 518 Å². The second-order valence-electron chi connectivity index (χ2n) is 22.9. The Morgan fingerprint density at radius 3 is 0.867 bits per heavy atom. The number of carbonyl (C=O) groups excluding carboxylic acids is 6. The summed E-state index contributed by atoms with van der Waals surface area (Å²) in [5.74, 6) is -2.43. The molecule has 0 spiro atoms. The summed E-state index contributed by atoms with van der Waals surface area (Å²) in [6, 6.07) is 51.2. The van der Waals surface area contributed by atoms with Crippen molar-refractivity contribution in [1.29, 1.82) is 0 Å². The zero-order valence-electron chi connectivity index (χ0n) is 49.8. The van der Waals surface area contributed by atoms with Gasteiger partial charge in [0.25, 0.3) is 23.6 Å². The molecule has 0 fully saturated rings. The van der Waals surface area contributed by atoms with Crippen LogP contribution in [0, 0.1) is 27.7 Å². The minimum absolute atomic E-state index is 0.0210. The number of ether oxygens (including phenoxy) is 4. The van der Waals surface area contributed by atoms with Crippen LogP contribution in [0.2, 0.25) is 0 Å². The molecule has 448 valence electrons. The first-order chi connectivity index (χ1) is 43.7. The van der Waals surface area contributed by atoms with Crippen molar-refractivity contribution in [3.8, 4) is 46.0 Å². The number of nitrogens with two attached hydrogens (primary N) is 2. The number of rotatable bonds is 20. The van der Waals surface area contributed by atoms with E-state index in [2.05, 4.69) is 10.6 Å². The molecule has 0 radical (unpaired) electrons. The van der Waals surface area contributed by atoms with Gasteiger partial charge >= 0.3 is 0 Å². The molecule has 6 N–H and O–H groups in total. The summed E-state index contributed by atoms with van der Waals surface area (Å²) in [4.78, 5) is 95.6. The van der Waals surface area contributed by atoms with Crippen LogP contribution in [-0.2, 0) is 22.4 Å². The number of hydrogen-bond donors (Lipinski definition) is 4. The van der Waals surface area contributed by atoms with Gasteiger partial charge in [-0.2, -0.15) is 0 Å². The predicted octanol–water partition coefficient (Wildman–Crippen LogP) is 12.7. The van der Waals surface area contributed by atoms with Gasteiger partial charge in [0.05, 0.1) is 22.3 Å². The summed E-state index contributed by atoms with van der Waals surface area (Å²) >= 11 is 0. The van der Waals surface area contributed by atoms with Crippen molar-refractivity contribution in [2.24, 2.45) is 11.5 Å². The van der Waals surface area contributed by atoms with E-state index in [1.165, 1.54) is 0 Å². The molecule has 11 aromatic carbocycles. The summed E-state index contributed by atoms with van der Waals surface area (Å²) < 4.78 is 28.5. The zero-order chi connectivity index (χ0) is 62.5. The Balaban J connectivity index is 1.20. The molecule has 6 amide bonds. The molecule has 16 nitrogen and oxygen atoms in total. The van der Waals surface area contributed by atoms with Gasteiger partial charge in [0.2, 0.25) is 11.8 Å². The van der Waals surface area contributed by atoms with Gasteiger partial charge in [-0.3, -0.25) is 38.6 Å². The largest absolute Gasteiger partial charge is 0.457 e. The predicted molar refractivity (Wildman–Crippen MR) is 346 cm³/mol. The maximum atomic E-state index is 16.1. The maximum absolute atomic E-state index is 16.1. The molecule has 2 heterocycles. The maximum Gasteiger partial charge on any atom is 0.262 e. The monoisotopic (exact) mass is 1190 g/mol. The molecule has 13 rings (SSSR count). The van der Waals surface area contributed by atoms with Crippen molar-refractivity contribution in [1.82, 2.24) is 20.4 Å². The van der Waals surface area contributed by atoms with Gasteiger partial charge in [0.1, 0.15) is 58.1 Å². The van der Waals surface area contributed by atoms with Gasteiger partial charge in [-0.05, 0) is 112 Å². The summed E-state index contributed by atoms with van der Waals surface area (Å²) in [7, 11) is 0. The summed E-state index contributed by atoms with van der Waals surface area (Å²) in [5.41, 5.74) is 17.1. The second-order valence-corrected chi connectivity index (χ2v) is 22.9. The fourth-order valence-electron chi connectivity index (χ4n) is 12.3. The van der Waals surface area contributed by atoms with Crippen LogP contribution < -0.4 is 41.0 Å². The highest BCUT2D eigenvalue weighted by Gasteiger charge is 2.46. The van der Waals surface area contributed by atoms with Gasteiger partial charge in [0, 0.05) is 82.1 Å². The molecule has 90 heavy (non-hydrogen) atoms. The highest BCUT2D eigenvalue weighted by molar-refractivity contribution is 6.45. The Kier molecular flexibility index (Phi) is 15.5. The summed E-state index contributed by atoms with van der Waals surface area (Å²) in [6.45, 7) is 8.12. The van der Waals surface area contributed by atoms with Gasteiger partial charge in [-0.15, -0.1) is 0 Å². The van der Waals surface area contributed by atoms with Gasteiger partial charge < -0.3 is 41.0 Å². The number of fused-ring (bicyclic) bond motifs is 2. The van der Waals surface area contributed by atoms with Crippen LogP contribution in [-0.4, -0.2) is 83.5 Å². The number of nitrogens with zero attached hydrogens (tertiary/aromatic N) is 2. The number of aryl methyl sites for hydroxylation is 4. The number of imide groups is 2. The molecular formula is C74H62N6O10.